The molecule has 7 nitrogen and oxygen atoms in total. The highest BCUT2D eigenvalue weighted by Gasteiger charge is 2.35. The summed E-state index contributed by atoms with van der Waals surface area (Å²) in [7, 11) is 0. The van der Waals surface area contributed by atoms with Crippen molar-refractivity contribution in [1.29, 1.82) is 0 Å². The molecule has 0 atom stereocenters. The number of amides is 3. The number of carbonyl (C=O) groups is 3. The van der Waals surface area contributed by atoms with E-state index < -0.39 is 17.6 Å². The number of carbonyl (C=O) groups excluding carboxylic acids is 3. The summed E-state index contributed by atoms with van der Waals surface area (Å²) >= 11 is 0. The van der Waals surface area contributed by atoms with Crippen LogP contribution in [0.25, 0.3) is 0 Å². The third-order valence-corrected chi connectivity index (χ3v) is 6.07. The molecule has 0 saturated carbocycles. The van der Waals surface area contributed by atoms with Crippen molar-refractivity contribution in [3.05, 3.63) is 65.2 Å². The highest BCUT2D eigenvalue weighted by atomic mass is 19.4. The van der Waals surface area contributed by atoms with E-state index in [1.165, 1.54) is 23.1 Å². The Morgan fingerprint density at radius 1 is 0.824 bits per heavy atom. The smallest absolute Gasteiger partial charge is 0.324 e. The number of hydrogen-bond donors (Lipinski definition) is 1. The van der Waals surface area contributed by atoms with Crippen LogP contribution in [-0.2, 0) is 11.0 Å². The second-order valence-corrected chi connectivity index (χ2v) is 8.37. The number of rotatable bonds is 7. The van der Waals surface area contributed by atoms with Gasteiger partial charge in [-0.1, -0.05) is 24.3 Å². The van der Waals surface area contributed by atoms with Gasteiger partial charge in [0.15, 0.2) is 0 Å². The maximum absolute atomic E-state index is 13.1. The molecule has 0 aliphatic carbocycles. The van der Waals surface area contributed by atoms with Crippen molar-refractivity contribution in [2.75, 3.05) is 51.1 Å². The van der Waals surface area contributed by atoms with E-state index in [0.717, 1.165) is 6.07 Å². The molecule has 0 spiro atoms. The standard InChI is InChI=1S/C24H25F3N4O3/c25-24(26,27)19-8-3-4-9-20(19)28-21(32)16-30-14-12-29(13-15-30)10-5-11-31-22(33)17-6-1-2-7-18(17)23(31)34/h1-4,6-9H,5,10-16H2,(H,28,32). The summed E-state index contributed by atoms with van der Waals surface area (Å²) in [4.78, 5) is 42.5. The number of alkyl halides is 3. The monoisotopic (exact) mass is 474 g/mol. The first-order chi connectivity index (χ1) is 16.2. The lowest BCUT2D eigenvalue weighted by Gasteiger charge is -2.34. The number of anilines is 1. The molecule has 1 saturated heterocycles. The van der Waals surface area contributed by atoms with Gasteiger partial charge in [-0.05, 0) is 37.2 Å². The Balaban J connectivity index is 1.19. The van der Waals surface area contributed by atoms with Gasteiger partial charge in [0.25, 0.3) is 11.8 Å². The van der Waals surface area contributed by atoms with Crippen LogP contribution in [0.3, 0.4) is 0 Å². The minimum atomic E-state index is -4.54. The number of nitrogens with one attached hydrogen (secondary N) is 1. The SMILES string of the molecule is O=C(CN1CCN(CCCN2C(=O)c3ccccc3C2=O)CC1)Nc1ccccc1C(F)(F)F. The van der Waals surface area contributed by atoms with E-state index in [2.05, 4.69) is 10.2 Å². The van der Waals surface area contributed by atoms with Crippen molar-refractivity contribution in [2.45, 2.75) is 12.6 Å². The molecule has 1 fully saturated rings. The molecule has 0 unspecified atom stereocenters. The first kappa shape index (κ1) is 23.9. The van der Waals surface area contributed by atoms with Crippen LogP contribution in [0.4, 0.5) is 18.9 Å². The van der Waals surface area contributed by atoms with Crippen molar-refractivity contribution >= 4 is 23.4 Å². The van der Waals surface area contributed by atoms with Crippen molar-refractivity contribution in [3.63, 3.8) is 0 Å². The summed E-state index contributed by atoms with van der Waals surface area (Å²) in [6, 6.07) is 11.7. The number of imide groups is 1. The maximum atomic E-state index is 13.1. The fraction of sp³-hybridized carbons (Fsp3) is 0.375. The van der Waals surface area contributed by atoms with Crippen molar-refractivity contribution in [3.8, 4) is 0 Å². The normalized spacial score (nSPS) is 17.2. The summed E-state index contributed by atoms with van der Waals surface area (Å²) in [5, 5.41) is 2.37. The molecule has 34 heavy (non-hydrogen) atoms. The van der Waals surface area contributed by atoms with Crippen LogP contribution in [0.1, 0.15) is 32.7 Å². The zero-order valence-electron chi connectivity index (χ0n) is 18.5. The molecular weight excluding hydrogens is 449 g/mol. The van der Waals surface area contributed by atoms with Crippen LogP contribution in [0.15, 0.2) is 48.5 Å². The number of nitrogens with zero attached hydrogens (tertiary/aromatic N) is 3. The fourth-order valence-electron chi connectivity index (χ4n) is 4.30. The molecule has 3 amide bonds. The van der Waals surface area contributed by atoms with E-state index in [-0.39, 0.29) is 24.0 Å². The van der Waals surface area contributed by atoms with Crippen molar-refractivity contribution in [2.24, 2.45) is 0 Å². The van der Waals surface area contributed by atoms with E-state index >= 15 is 0 Å². The summed E-state index contributed by atoms with van der Waals surface area (Å²) < 4.78 is 39.3. The third-order valence-electron chi connectivity index (χ3n) is 6.07. The van der Waals surface area contributed by atoms with E-state index in [1.54, 1.807) is 24.3 Å². The van der Waals surface area contributed by atoms with Crippen LogP contribution in [-0.4, -0.2) is 78.2 Å². The first-order valence-corrected chi connectivity index (χ1v) is 11.1. The van der Waals surface area contributed by atoms with Gasteiger partial charge in [0.05, 0.1) is 28.9 Å². The molecule has 10 heteroatoms. The molecule has 0 aromatic heterocycles. The van der Waals surface area contributed by atoms with Crippen LogP contribution in [0.2, 0.25) is 0 Å². The molecule has 4 rings (SSSR count). The molecular formula is C24H25F3N4O3. The van der Waals surface area contributed by atoms with Crippen molar-refractivity contribution < 1.29 is 27.6 Å². The molecule has 2 aliphatic rings. The minimum Gasteiger partial charge on any atom is -0.324 e. The van der Waals surface area contributed by atoms with Gasteiger partial charge in [0.1, 0.15) is 0 Å². The zero-order chi connectivity index (χ0) is 24.3. The van der Waals surface area contributed by atoms with E-state index in [0.29, 0.717) is 56.8 Å². The Bertz CT molecular complexity index is 1050. The second kappa shape index (κ2) is 9.94. The number of piperazine rings is 1. The Labute approximate surface area is 195 Å². The lowest BCUT2D eigenvalue weighted by Crippen LogP contribution is -2.49. The molecule has 0 radical (unpaired) electrons. The zero-order valence-corrected chi connectivity index (χ0v) is 18.5. The van der Waals surface area contributed by atoms with Crippen LogP contribution in [0, 0.1) is 0 Å². The largest absolute Gasteiger partial charge is 0.418 e. The quantitative estimate of drug-likeness (QED) is 0.625. The molecule has 0 bridgehead atoms. The predicted octanol–water partition coefficient (Wildman–Crippen LogP) is 2.95. The molecule has 2 aromatic carbocycles. The molecule has 1 N–H and O–H groups in total. The highest BCUT2D eigenvalue weighted by molar-refractivity contribution is 6.21. The summed E-state index contributed by atoms with van der Waals surface area (Å²) in [6.45, 7) is 3.63. The lowest BCUT2D eigenvalue weighted by atomic mass is 10.1. The summed E-state index contributed by atoms with van der Waals surface area (Å²) in [5.74, 6) is -1.01. The van der Waals surface area contributed by atoms with Crippen LogP contribution >= 0.6 is 0 Å². The number of halogens is 3. The van der Waals surface area contributed by atoms with Gasteiger partial charge in [-0.25, -0.2) is 0 Å². The topological polar surface area (TPSA) is 73.0 Å². The van der Waals surface area contributed by atoms with Crippen molar-refractivity contribution in [1.82, 2.24) is 14.7 Å². The van der Waals surface area contributed by atoms with Gasteiger partial charge in [-0.15, -0.1) is 0 Å². The molecule has 2 aromatic rings. The first-order valence-electron chi connectivity index (χ1n) is 11.1. The van der Waals surface area contributed by atoms with Crippen LogP contribution in [0.5, 0.6) is 0 Å². The molecule has 2 heterocycles. The maximum Gasteiger partial charge on any atom is 0.418 e. The van der Waals surface area contributed by atoms with Gasteiger partial charge in [-0.2, -0.15) is 13.2 Å². The van der Waals surface area contributed by atoms with E-state index in [9.17, 15) is 27.6 Å². The Morgan fingerprint density at radius 3 is 2.00 bits per heavy atom. The van der Waals surface area contributed by atoms with Gasteiger partial charge in [-0.3, -0.25) is 24.2 Å². The van der Waals surface area contributed by atoms with Crippen LogP contribution < -0.4 is 5.32 Å². The fourth-order valence-corrected chi connectivity index (χ4v) is 4.30. The Kier molecular flexibility index (Phi) is 6.99. The number of para-hydroxylation sites is 1. The third kappa shape index (κ3) is 5.28. The predicted molar refractivity (Wildman–Crippen MR) is 119 cm³/mol. The average Bonchev–Trinajstić information content (AvgIpc) is 3.05. The lowest BCUT2D eigenvalue weighted by molar-refractivity contribution is -0.137. The number of fused-ring (bicyclic) bond motifs is 1. The van der Waals surface area contributed by atoms with Gasteiger partial charge >= 0.3 is 6.18 Å². The Morgan fingerprint density at radius 2 is 1.38 bits per heavy atom. The highest BCUT2D eigenvalue weighted by Crippen LogP contribution is 2.34. The summed E-state index contributed by atoms with van der Waals surface area (Å²) in [6.07, 6.45) is -3.90. The second-order valence-electron chi connectivity index (χ2n) is 8.37. The van der Waals surface area contributed by atoms with Gasteiger partial charge < -0.3 is 10.2 Å². The Hall–Kier alpha value is -3.24. The molecule has 180 valence electrons. The van der Waals surface area contributed by atoms with E-state index in [4.69, 9.17) is 0 Å². The van der Waals surface area contributed by atoms with E-state index in [1.807, 2.05) is 4.90 Å². The number of hydrogen-bond acceptors (Lipinski definition) is 5. The average molecular weight is 474 g/mol. The van der Waals surface area contributed by atoms with Gasteiger partial charge in [0, 0.05) is 32.7 Å². The molecule has 2 aliphatic heterocycles. The summed E-state index contributed by atoms with van der Waals surface area (Å²) in [5.41, 5.74) is -0.229. The number of benzene rings is 2. The van der Waals surface area contributed by atoms with Gasteiger partial charge in [0.2, 0.25) is 5.91 Å². The minimum absolute atomic E-state index is 0.00900.